The molecule has 0 radical (unpaired) electrons. The molecule has 2 N–H and O–H groups in total. The largest absolute Gasteiger partial charge is 0.497 e. The maximum absolute atomic E-state index is 12.1. The van der Waals surface area contributed by atoms with Gasteiger partial charge in [-0.1, -0.05) is 19.6 Å². The molecule has 0 spiro atoms. The van der Waals surface area contributed by atoms with E-state index in [9.17, 15) is 4.79 Å². The molecule has 0 aliphatic carbocycles. The summed E-state index contributed by atoms with van der Waals surface area (Å²) in [6.07, 6.45) is 3.32. The molecule has 1 amide bonds. The van der Waals surface area contributed by atoms with Gasteiger partial charge in [-0.25, -0.2) is 9.97 Å². The molecule has 0 atom stereocenters. The Labute approximate surface area is 187 Å². The first-order valence-electron chi connectivity index (χ1n) is 10.4. The van der Waals surface area contributed by atoms with Crippen LogP contribution in [0.2, 0.25) is 25.7 Å². The van der Waals surface area contributed by atoms with Crippen molar-refractivity contribution in [2.75, 3.05) is 13.7 Å². The Bertz CT molecular complexity index is 1300. The maximum Gasteiger partial charge on any atom is 0.252 e. The zero-order chi connectivity index (χ0) is 23.0. The summed E-state index contributed by atoms with van der Waals surface area (Å²) in [7, 11) is 2.30. The van der Waals surface area contributed by atoms with E-state index in [0.717, 1.165) is 22.7 Å². The lowest BCUT2D eigenvalue weighted by Gasteiger charge is -2.15. The highest BCUT2D eigenvalue weighted by Gasteiger charge is 2.20. The molecule has 9 nitrogen and oxygen atoms in total. The van der Waals surface area contributed by atoms with Crippen molar-refractivity contribution in [1.29, 1.82) is 0 Å². The van der Waals surface area contributed by atoms with Crippen molar-refractivity contribution in [3.8, 4) is 17.1 Å². The summed E-state index contributed by atoms with van der Waals surface area (Å²) in [6.45, 7) is 7.85. The predicted molar refractivity (Wildman–Crippen MR) is 126 cm³/mol. The number of amides is 1. The van der Waals surface area contributed by atoms with Crippen LogP contribution >= 0.6 is 0 Å². The van der Waals surface area contributed by atoms with Gasteiger partial charge in [0.15, 0.2) is 5.65 Å². The molecule has 0 saturated carbocycles. The fraction of sp³-hybridized carbons (Fsp3) is 0.364. The average molecular weight is 453 g/mol. The van der Waals surface area contributed by atoms with Gasteiger partial charge in [0.1, 0.15) is 29.4 Å². The quantitative estimate of drug-likeness (QED) is 0.324. The van der Waals surface area contributed by atoms with Gasteiger partial charge >= 0.3 is 0 Å². The first-order valence-corrected chi connectivity index (χ1v) is 14.1. The smallest absolute Gasteiger partial charge is 0.252 e. The van der Waals surface area contributed by atoms with Gasteiger partial charge < -0.3 is 19.8 Å². The monoisotopic (exact) mass is 452 g/mol. The van der Waals surface area contributed by atoms with E-state index in [1.807, 2.05) is 25.2 Å². The van der Waals surface area contributed by atoms with E-state index in [4.69, 9.17) is 20.2 Å². The average Bonchev–Trinajstić information content (AvgIpc) is 3.27. The van der Waals surface area contributed by atoms with Gasteiger partial charge in [-0.2, -0.15) is 5.10 Å². The number of ether oxygens (including phenoxy) is 2. The SMILES string of the molecule is COc1ccc2c(c1)c(-c1cnc3c(n1)c(C(N)=O)cn3COCC[Si](C)(C)C)nn2C. The Morgan fingerprint density at radius 3 is 2.72 bits per heavy atom. The summed E-state index contributed by atoms with van der Waals surface area (Å²) < 4.78 is 14.8. The van der Waals surface area contributed by atoms with Gasteiger partial charge in [-0.3, -0.25) is 9.48 Å². The molecule has 1 aromatic carbocycles. The minimum absolute atomic E-state index is 0.284. The number of nitrogens with zero attached hydrogens (tertiary/aromatic N) is 5. The van der Waals surface area contributed by atoms with Gasteiger partial charge in [-0.15, -0.1) is 0 Å². The Hall–Kier alpha value is -3.24. The molecule has 0 aliphatic heterocycles. The second-order valence-corrected chi connectivity index (χ2v) is 14.6. The fourth-order valence-electron chi connectivity index (χ4n) is 3.55. The second-order valence-electron chi connectivity index (χ2n) is 9.01. The van der Waals surface area contributed by atoms with Crippen LogP contribution in [-0.4, -0.2) is 52.0 Å². The van der Waals surface area contributed by atoms with Gasteiger partial charge in [0, 0.05) is 33.3 Å². The van der Waals surface area contributed by atoms with Crippen LogP contribution in [0.1, 0.15) is 10.4 Å². The number of carbonyl (C=O) groups excluding carboxylic acids is 1. The minimum Gasteiger partial charge on any atom is -0.497 e. The number of hydrogen-bond acceptors (Lipinski definition) is 6. The lowest BCUT2D eigenvalue weighted by Crippen LogP contribution is -2.22. The fourth-order valence-corrected chi connectivity index (χ4v) is 4.30. The van der Waals surface area contributed by atoms with Gasteiger partial charge in [-0.05, 0) is 24.2 Å². The molecule has 0 unspecified atom stereocenters. The molecule has 32 heavy (non-hydrogen) atoms. The Morgan fingerprint density at radius 1 is 1.25 bits per heavy atom. The van der Waals surface area contributed by atoms with E-state index in [2.05, 4.69) is 29.7 Å². The minimum atomic E-state index is -1.19. The van der Waals surface area contributed by atoms with Crippen LogP contribution in [0.25, 0.3) is 33.5 Å². The first-order chi connectivity index (χ1) is 15.2. The third kappa shape index (κ3) is 4.23. The highest BCUT2D eigenvalue weighted by Crippen LogP contribution is 2.30. The Balaban J connectivity index is 1.74. The van der Waals surface area contributed by atoms with Crippen LogP contribution in [0.5, 0.6) is 5.75 Å². The lowest BCUT2D eigenvalue weighted by atomic mass is 10.1. The highest BCUT2D eigenvalue weighted by atomic mass is 28.3. The van der Waals surface area contributed by atoms with Crippen molar-refractivity contribution in [3.05, 3.63) is 36.2 Å². The van der Waals surface area contributed by atoms with Crippen LogP contribution in [0.4, 0.5) is 0 Å². The molecule has 4 aromatic rings. The van der Waals surface area contributed by atoms with Gasteiger partial charge in [0.2, 0.25) is 0 Å². The molecular weight excluding hydrogens is 424 g/mol. The predicted octanol–water partition coefficient (Wildman–Crippen LogP) is 3.40. The molecule has 3 aromatic heterocycles. The number of fused-ring (bicyclic) bond motifs is 2. The summed E-state index contributed by atoms with van der Waals surface area (Å²) in [6, 6.07) is 6.80. The molecule has 0 saturated heterocycles. The molecule has 0 fully saturated rings. The molecular formula is C22H28N6O3Si. The number of nitrogens with two attached hydrogens (primary N) is 1. The van der Waals surface area contributed by atoms with E-state index in [1.165, 1.54) is 0 Å². The van der Waals surface area contributed by atoms with Gasteiger partial charge in [0.25, 0.3) is 5.91 Å². The van der Waals surface area contributed by atoms with Crippen LogP contribution in [-0.2, 0) is 18.5 Å². The van der Waals surface area contributed by atoms with Gasteiger partial charge in [0.05, 0.1) is 24.4 Å². The summed E-state index contributed by atoms with van der Waals surface area (Å²) in [4.78, 5) is 21.4. The van der Waals surface area contributed by atoms with Crippen LogP contribution in [0, 0.1) is 0 Å². The van der Waals surface area contributed by atoms with Crippen LogP contribution in [0.3, 0.4) is 0 Å². The van der Waals surface area contributed by atoms with E-state index in [1.54, 1.807) is 28.8 Å². The molecule has 168 valence electrons. The molecule has 10 heteroatoms. The highest BCUT2D eigenvalue weighted by molar-refractivity contribution is 6.76. The zero-order valence-electron chi connectivity index (χ0n) is 19.0. The molecule has 3 heterocycles. The zero-order valence-corrected chi connectivity index (χ0v) is 20.0. The Morgan fingerprint density at radius 2 is 2.03 bits per heavy atom. The van der Waals surface area contributed by atoms with Crippen molar-refractivity contribution >= 4 is 36.0 Å². The summed E-state index contributed by atoms with van der Waals surface area (Å²) in [5.41, 5.74) is 9.07. The van der Waals surface area contributed by atoms with E-state index < -0.39 is 14.0 Å². The third-order valence-electron chi connectivity index (χ3n) is 5.36. The van der Waals surface area contributed by atoms with Crippen molar-refractivity contribution < 1.29 is 14.3 Å². The second kappa shape index (κ2) is 8.36. The number of aromatic nitrogens is 5. The van der Waals surface area contributed by atoms with Crippen molar-refractivity contribution in [2.24, 2.45) is 12.8 Å². The van der Waals surface area contributed by atoms with Crippen molar-refractivity contribution in [2.45, 2.75) is 32.4 Å². The number of hydrogen-bond donors (Lipinski definition) is 1. The number of carbonyl (C=O) groups is 1. The molecule has 0 aliphatic rings. The van der Waals surface area contributed by atoms with E-state index in [0.29, 0.717) is 34.7 Å². The van der Waals surface area contributed by atoms with E-state index >= 15 is 0 Å². The summed E-state index contributed by atoms with van der Waals surface area (Å²) in [5.74, 6) is 0.162. The number of benzene rings is 1. The summed E-state index contributed by atoms with van der Waals surface area (Å²) in [5, 5.41) is 5.51. The standard InChI is InChI=1S/C22H28N6O3Si/c1-27-18-7-6-14(30-2)10-15(18)19(26-27)17-11-24-22-20(25-17)16(21(23)29)12-28(22)13-31-8-9-32(3,4)5/h6-7,10-12H,8-9,13H2,1-5H3,(H2,23,29). The van der Waals surface area contributed by atoms with Crippen LogP contribution < -0.4 is 10.5 Å². The molecule has 4 rings (SSSR count). The van der Waals surface area contributed by atoms with Crippen molar-refractivity contribution in [1.82, 2.24) is 24.3 Å². The topological polar surface area (TPSA) is 110 Å². The summed E-state index contributed by atoms with van der Waals surface area (Å²) >= 11 is 0. The number of rotatable bonds is 8. The number of aryl methyl sites for hydroxylation is 1. The number of methoxy groups -OCH3 is 1. The number of primary amides is 1. The van der Waals surface area contributed by atoms with Crippen molar-refractivity contribution in [3.63, 3.8) is 0 Å². The van der Waals surface area contributed by atoms with E-state index in [-0.39, 0.29) is 6.73 Å². The maximum atomic E-state index is 12.1. The lowest BCUT2D eigenvalue weighted by molar-refractivity contribution is 0.0895. The normalized spacial score (nSPS) is 12.0. The Kier molecular flexibility index (Phi) is 5.74. The molecule has 0 bridgehead atoms. The van der Waals surface area contributed by atoms with Crippen LogP contribution in [0.15, 0.2) is 30.6 Å². The third-order valence-corrected chi connectivity index (χ3v) is 7.06. The first kappa shape index (κ1) is 22.0.